The lowest BCUT2D eigenvalue weighted by Gasteiger charge is -2.22. The van der Waals surface area contributed by atoms with Gasteiger partial charge in [-0.15, -0.1) is 0 Å². The molecule has 2 amide bonds. The average molecular weight is 422 g/mol. The summed E-state index contributed by atoms with van der Waals surface area (Å²) in [5.74, 6) is -1.93. The summed E-state index contributed by atoms with van der Waals surface area (Å²) in [5.41, 5.74) is 4.59. The van der Waals surface area contributed by atoms with Crippen LogP contribution in [0.25, 0.3) is 11.1 Å². The Balaban J connectivity index is 1.37. The molecule has 3 N–H and O–H groups in total. The molecule has 2 aliphatic rings. The number of fused-ring (bicyclic) bond motifs is 3. The van der Waals surface area contributed by atoms with Crippen LogP contribution >= 0.6 is 0 Å². The van der Waals surface area contributed by atoms with E-state index in [1.807, 2.05) is 24.3 Å². The summed E-state index contributed by atoms with van der Waals surface area (Å²) in [7, 11) is 0. The Morgan fingerprint density at radius 2 is 1.65 bits per heavy atom. The average Bonchev–Trinajstić information content (AvgIpc) is 3.34. The van der Waals surface area contributed by atoms with Crippen molar-refractivity contribution in [3.05, 3.63) is 59.7 Å². The van der Waals surface area contributed by atoms with Gasteiger partial charge in [-0.2, -0.15) is 0 Å². The molecule has 0 saturated heterocycles. The molecule has 3 atom stereocenters. The summed E-state index contributed by atoms with van der Waals surface area (Å²) in [6.45, 7) is 1.63. The third-order valence-corrected chi connectivity index (χ3v) is 6.23. The quantitative estimate of drug-likeness (QED) is 0.663. The minimum Gasteiger partial charge on any atom is -0.480 e. The second kappa shape index (κ2) is 8.79. The number of carbonyl (C=O) groups excluding carboxylic acids is 2. The number of hydrogen-bond acceptors (Lipinski definition) is 4. The lowest BCUT2D eigenvalue weighted by atomic mass is 9.98. The van der Waals surface area contributed by atoms with Gasteiger partial charge in [-0.3, -0.25) is 9.59 Å². The SMILES string of the molecule is C[C@@H](NC(=O)[C@H]1CCC[C@H]1NC(=O)OCC1c2ccccc2-c2ccccc21)C(=O)O. The number of carboxylic acid groups (broad SMARTS) is 1. The van der Waals surface area contributed by atoms with Gasteiger partial charge in [-0.05, 0) is 42.0 Å². The van der Waals surface area contributed by atoms with E-state index in [9.17, 15) is 14.4 Å². The molecule has 0 spiro atoms. The molecule has 0 unspecified atom stereocenters. The molecular weight excluding hydrogens is 396 g/mol. The number of ether oxygens (including phenoxy) is 1. The van der Waals surface area contributed by atoms with Crippen molar-refractivity contribution < 1.29 is 24.2 Å². The molecule has 2 aromatic carbocycles. The number of hydrogen-bond donors (Lipinski definition) is 3. The maximum atomic E-state index is 12.5. The van der Waals surface area contributed by atoms with Crippen LogP contribution in [0.1, 0.15) is 43.2 Å². The monoisotopic (exact) mass is 422 g/mol. The van der Waals surface area contributed by atoms with E-state index < -0.39 is 24.0 Å². The molecule has 1 saturated carbocycles. The number of carboxylic acids is 1. The second-order valence-electron chi connectivity index (χ2n) is 8.18. The highest BCUT2D eigenvalue weighted by Gasteiger charge is 2.36. The second-order valence-corrected chi connectivity index (χ2v) is 8.18. The summed E-state index contributed by atoms with van der Waals surface area (Å²) in [6, 6.07) is 14.9. The highest BCUT2D eigenvalue weighted by molar-refractivity contribution is 5.86. The highest BCUT2D eigenvalue weighted by Crippen LogP contribution is 2.44. The fourth-order valence-corrected chi connectivity index (χ4v) is 4.62. The lowest BCUT2D eigenvalue weighted by Crippen LogP contribution is -2.48. The van der Waals surface area contributed by atoms with E-state index in [4.69, 9.17) is 9.84 Å². The number of carbonyl (C=O) groups is 3. The van der Waals surface area contributed by atoms with Crippen LogP contribution in [0.15, 0.2) is 48.5 Å². The van der Waals surface area contributed by atoms with E-state index in [1.165, 1.54) is 6.92 Å². The van der Waals surface area contributed by atoms with Gasteiger partial charge in [0.05, 0.1) is 5.92 Å². The summed E-state index contributed by atoms with van der Waals surface area (Å²) in [6.07, 6.45) is 1.49. The van der Waals surface area contributed by atoms with Crippen molar-refractivity contribution in [1.29, 1.82) is 0 Å². The van der Waals surface area contributed by atoms with Crippen molar-refractivity contribution in [2.24, 2.45) is 5.92 Å². The van der Waals surface area contributed by atoms with Crippen molar-refractivity contribution in [2.45, 2.75) is 44.2 Å². The Hall–Kier alpha value is -3.35. The summed E-state index contributed by atoms with van der Waals surface area (Å²) >= 11 is 0. The number of amides is 2. The van der Waals surface area contributed by atoms with Gasteiger partial charge < -0.3 is 20.5 Å². The third-order valence-electron chi connectivity index (χ3n) is 6.23. The van der Waals surface area contributed by atoms with Crippen molar-refractivity contribution in [2.75, 3.05) is 6.61 Å². The first-order valence-corrected chi connectivity index (χ1v) is 10.6. The Morgan fingerprint density at radius 3 is 2.26 bits per heavy atom. The van der Waals surface area contributed by atoms with Gasteiger partial charge in [0, 0.05) is 12.0 Å². The largest absolute Gasteiger partial charge is 0.480 e. The molecular formula is C24H26N2O5. The van der Waals surface area contributed by atoms with Crippen LogP contribution in [-0.4, -0.2) is 41.8 Å². The predicted molar refractivity (Wildman–Crippen MR) is 115 cm³/mol. The zero-order valence-electron chi connectivity index (χ0n) is 17.3. The minimum absolute atomic E-state index is 0.0303. The van der Waals surface area contributed by atoms with Crippen molar-refractivity contribution >= 4 is 18.0 Å². The Labute approximate surface area is 180 Å². The summed E-state index contributed by atoms with van der Waals surface area (Å²) < 4.78 is 5.57. The molecule has 31 heavy (non-hydrogen) atoms. The fraction of sp³-hybridized carbons (Fsp3) is 0.375. The Bertz CT molecular complexity index is 959. The van der Waals surface area contributed by atoms with Crippen LogP contribution in [0.2, 0.25) is 0 Å². The van der Waals surface area contributed by atoms with Gasteiger partial charge in [0.25, 0.3) is 0 Å². The van der Waals surface area contributed by atoms with Gasteiger partial charge in [0.1, 0.15) is 12.6 Å². The zero-order valence-corrected chi connectivity index (χ0v) is 17.3. The normalized spacial score (nSPS) is 20.4. The first-order valence-electron chi connectivity index (χ1n) is 10.6. The molecule has 0 heterocycles. The van der Waals surface area contributed by atoms with Gasteiger partial charge in [-0.25, -0.2) is 4.79 Å². The van der Waals surface area contributed by atoms with Crippen LogP contribution < -0.4 is 10.6 Å². The summed E-state index contributed by atoms with van der Waals surface area (Å²) in [5, 5.41) is 14.3. The molecule has 1 fully saturated rings. The molecule has 0 radical (unpaired) electrons. The van der Waals surface area contributed by atoms with Crippen LogP contribution in [-0.2, 0) is 14.3 Å². The Kier molecular flexibility index (Phi) is 5.93. The van der Waals surface area contributed by atoms with E-state index in [1.54, 1.807) is 0 Å². The molecule has 7 nitrogen and oxygen atoms in total. The maximum absolute atomic E-state index is 12.5. The standard InChI is InChI=1S/C24H26N2O5/c1-14(23(28)29)25-22(27)19-11-6-12-21(19)26-24(30)31-13-20-17-9-4-2-7-15(17)16-8-3-5-10-18(16)20/h2-5,7-10,14,19-21H,6,11-13H2,1H3,(H,25,27)(H,26,30)(H,28,29)/t14-,19+,21-/m1/s1. The molecule has 0 aliphatic heterocycles. The van der Waals surface area contributed by atoms with E-state index >= 15 is 0 Å². The lowest BCUT2D eigenvalue weighted by molar-refractivity contribution is -0.142. The zero-order chi connectivity index (χ0) is 22.0. The van der Waals surface area contributed by atoms with E-state index in [0.29, 0.717) is 12.8 Å². The van der Waals surface area contributed by atoms with Gasteiger partial charge in [0.2, 0.25) is 5.91 Å². The number of benzene rings is 2. The first-order chi connectivity index (χ1) is 15.0. The van der Waals surface area contributed by atoms with Crippen molar-refractivity contribution in [1.82, 2.24) is 10.6 Å². The minimum atomic E-state index is -1.09. The number of nitrogens with one attached hydrogen (secondary N) is 2. The van der Waals surface area contributed by atoms with Crippen molar-refractivity contribution in [3.8, 4) is 11.1 Å². The van der Waals surface area contributed by atoms with E-state index in [0.717, 1.165) is 28.7 Å². The molecule has 4 rings (SSSR count). The van der Waals surface area contributed by atoms with E-state index in [-0.39, 0.29) is 24.5 Å². The maximum Gasteiger partial charge on any atom is 0.407 e. The number of aliphatic carboxylic acids is 1. The molecule has 162 valence electrons. The Morgan fingerprint density at radius 1 is 1.03 bits per heavy atom. The number of rotatable bonds is 6. The van der Waals surface area contributed by atoms with Gasteiger partial charge in [-0.1, -0.05) is 55.0 Å². The number of alkyl carbamates (subject to hydrolysis) is 1. The molecule has 2 aromatic rings. The third kappa shape index (κ3) is 4.26. The van der Waals surface area contributed by atoms with Gasteiger partial charge in [0.15, 0.2) is 0 Å². The molecule has 2 aliphatic carbocycles. The molecule has 0 bridgehead atoms. The van der Waals surface area contributed by atoms with Crippen LogP contribution in [0.3, 0.4) is 0 Å². The fourth-order valence-electron chi connectivity index (χ4n) is 4.62. The van der Waals surface area contributed by atoms with E-state index in [2.05, 4.69) is 34.9 Å². The van der Waals surface area contributed by atoms with Crippen molar-refractivity contribution in [3.63, 3.8) is 0 Å². The van der Waals surface area contributed by atoms with Crippen LogP contribution in [0.5, 0.6) is 0 Å². The van der Waals surface area contributed by atoms with Crippen LogP contribution in [0, 0.1) is 5.92 Å². The highest BCUT2D eigenvalue weighted by atomic mass is 16.5. The predicted octanol–water partition coefficient (Wildman–Crippen LogP) is 3.28. The smallest absolute Gasteiger partial charge is 0.407 e. The molecule has 0 aromatic heterocycles. The van der Waals surface area contributed by atoms with Gasteiger partial charge >= 0.3 is 12.1 Å². The van der Waals surface area contributed by atoms with Crippen LogP contribution in [0.4, 0.5) is 4.79 Å². The first kappa shape index (κ1) is 20.9. The summed E-state index contributed by atoms with van der Waals surface area (Å²) in [4.78, 5) is 35.9. The molecule has 7 heteroatoms. The topological polar surface area (TPSA) is 105 Å².